The first-order chi connectivity index (χ1) is 6.59. The van der Waals surface area contributed by atoms with E-state index in [2.05, 4.69) is 22.5 Å². The number of hydrogen-bond donors (Lipinski definition) is 2. The zero-order chi connectivity index (χ0) is 10.2. The van der Waals surface area contributed by atoms with Gasteiger partial charge in [0.2, 0.25) is 0 Å². The maximum Gasteiger partial charge on any atom is 0.345 e. The SMILES string of the molecule is CC1(Nc2ncc([N+](=O)[O-])s2)CNC1. The molecule has 0 amide bonds. The van der Waals surface area contributed by atoms with Gasteiger partial charge < -0.3 is 10.6 Å². The normalized spacial score (nSPS) is 18.6. The molecule has 7 heteroatoms. The van der Waals surface area contributed by atoms with Gasteiger partial charge in [-0.2, -0.15) is 0 Å². The lowest BCUT2D eigenvalue weighted by molar-refractivity contribution is -0.380. The molecule has 76 valence electrons. The van der Waals surface area contributed by atoms with E-state index in [1.165, 1.54) is 6.20 Å². The molecule has 1 aliphatic heterocycles. The van der Waals surface area contributed by atoms with Crippen LogP contribution >= 0.6 is 11.3 Å². The molecule has 0 aliphatic carbocycles. The molecular weight excluding hydrogens is 204 g/mol. The van der Waals surface area contributed by atoms with E-state index in [-0.39, 0.29) is 10.5 Å². The van der Waals surface area contributed by atoms with E-state index in [1.807, 2.05) is 0 Å². The topological polar surface area (TPSA) is 80.1 Å². The van der Waals surface area contributed by atoms with Crippen molar-refractivity contribution in [2.75, 3.05) is 18.4 Å². The molecule has 0 unspecified atom stereocenters. The van der Waals surface area contributed by atoms with Crippen molar-refractivity contribution in [1.82, 2.24) is 10.3 Å². The van der Waals surface area contributed by atoms with Crippen LogP contribution in [0.3, 0.4) is 0 Å². The summed E-state index contributed by atoms with van der Waals surface area (Å²) in [4.78, 5) is 13.9. The third-order valence-corrected chi connectivity index (χ3v) is 2.98. The highest BCUT2D eigenvalue weighted by Crippen LogP contribution is 2.28. The third-order valence-electron chi connectivity index (χ3n) is 2.11. The van der Waals surface area contributed by atoms with Crippen molar-refractivity contribution in [1.29, 1.82) is 0 Å². The lowest BCUT2D eigenvalue weighted by Gasteiger charge is -2.39. The summed E-state index contributed by atoms with van der Waals surface area (Å²) in [6.45, 7) is 3.78. The number of rotatable bonds is 3. The highest BCUT2D eigenvalue weighted by atomic mass is 32.1. The van der Waals surface area contributed by atoms with E-state index in [0.717, 1.165) is 24.4 Å². The molecule has 1 saturated heterocycles. The molecule has 0 aromatic carbocycles. The second-order valence-corrected chi connectivity index (χ2v) is 4.56. The molecule has 1 fully saturated rings. The second-order valence-electron chi connectivity index (χ2n) is 3.55. The standard InChI is InChI=1S/C7H10N4O2S/c1-7(3-8-4-7)10-6-9-2-5(14-6)11(12)13/h2,8H,3-4H2,1H3,(H,9,10). The molecule has 0 spiro atoms. The molecule has 1 aliphatic rings. The van der Waals surface area contributed by atoms with Crippen molar-refractivity contribution < 1.29 is 4.92 Å². The smallest absolute Gasteiger partial charge is 0.345 e. The fourth-order valence-corrected chi connectivity index (χ4v) is 2.04. The zero-order valence-corrected chi connectivity index (χ0v) is 8.43. The van der Waals surface area contributed by atoms with Crippen LogP contribution < -0.4 is 10.6 Å². The molecule has 2 N–H and O–H groups in total. The van der Waals surface area contributed by atoms with Crippen molar-refractivity contribution >= 4 is 21.5 Å². The van der Waals surface area contributed by atoms with Crippen molar-refractivity contribution in [3.05, 3.63) is 16.3 Å². The summed E-state index contributed by atoms with van der Waals surface area (Å²) >= 11 is 1.07. The van der Waals surface area contributed by atoms with Gasteiger partial charge in [0.1, 0.15) is 6.20 Å². The lowest BCUT2D eigenvalue weighted by Crippen LogP contribution is -2.62. The first-order valence-corrected chi connectivity index (χ1v) is 5.00. The largest absolute Gasteiger partial charge is 0.354 e. The summed E-state index contributed by atoms with van der Waals surface area (Å²) in [5, 5.41) is 17.4. The molecule has 0 bridgehead atoms. The van der Waals surface area contributed by atoms with E-state index >= 15 is 0 Å². The molecule has 2 heterocycles. The minimum Gasteiger partial charge on any atom is -0.354 e. The first-order valence-electron chi connectivity index (χ1n) is 4.18. The minimum atomic E-state index is -0.426. The predicted molar refractivity (Wildman–Crippen MR) is 53.7 cm³/mol. The van der Waals surface area contributed by atoms with Crippen LogP contribution in [0.5, 0.6) is 0 Å². The van der Waals surface area contributed by atoms with Gasteiger partial charge in [-0.1, -0.05) is 0 Å². The van der Waals surface area contributed by atoms with Crippen molar-refractivity contribution in [3.63, 3.8) is 0 Å². The lowest BCUT2D eigenvalue weighted by atomic mass is 9.96. The Morgan fingerprint density at radius 1 is 1.79 bits per heavy atom. The van der Waals surface area contributed by atoms with Crippen LogP contribution in [0.2, 0.25) is 0 Å². The molecular formula is C7H10N4O2S. The molecule has 2 rings (SSSR count). The number of anilines is 1. The van der Waals surface area contributed by atoms with E-state index in [1.54, 1.807) is 0 Å². The van der Waals surface area contributed by atoms with Crippen LogP contribution in [0, 0.1) is 10.1 Å². The Balaban J connectivity index is 2.06. The Morgan fingerprint density at radius 2 is 2.50 bits per heavy atom. The molecule has 1 aromatic heterocycles. The minimum absolute atomic E-state index is 0.00821. The summed E-state index contributed by atoms with van der Waals surface area (Å²) in [6.07, 6.45) is 1.28. The first kappa shape index (κ1) is 9.35. The second kappa shape index (κ2) is 3.18. The third kappa shape index (κ3) is 1.68. The van der Waals surface area contributed by atoms with Gasteiger partial charge in [0.15, 0.2) is 5.13 Å². The molecule has 0 atom stereocenters. The molecule has 0 saturated carbocycles. The van der Waals surface area contributed by atoms with Gasteiger partial charge in [0, 0.05) is 13.1 Å². The van der Waals surface area contributed by atoms with Crippen LogP contribution in [0.25, 0.3) is 0 Å². The van der Waals surface area contributed by atoms with E-state index < -0.39 is 4.92 Å². The van der Waals surface area contributed by atoms with Gasteiger partial charge >= 0.3 is 5.00 Å². The van der Waals surface area contributed by atoms with E-state index in [4.69, 9.17) is 0 Å². The van der Waals surface area contributed by atoms with Crippen molar-refractivity contribution in [3.8, 4) is 0 Å². The zero-order valence-electron chi connectivity index (χ0n) is 7.61. The number of hydrogen-bond acceptors (Lipinski definition) is 6. The van der Waals surface area contributed by atoms with Gasteiger partial charge in [-0.15, -0.1) is 0 Å². The van der Waals surface area contributed by atoms with E-state index in [9.17, 15) is 10.1 Å². The Labute approximate surface area is 84.5 Å². The van der Waals surface area contributed by atoms with Gasteiger partial charge in [-0.3, -0.25) is 10.1 Å². The molecule has 6 nitrogen and oxygen atoms in total. The van der Waals surface area contributed by atoms with Crippen LogP contribution in [-0.2, 0) is 0 Å². The number of nitrogens with zero attached hydrogens (tertiary/aromatic N) is 2. The molecule has 14 heavy (non-hydrogen) atoms. The Kier molecular flexibility index (Phi) is 2.12. The number of nitro groups is 1. The summed E-state index contributed by atoms with van der Waals surface area (Å²) in [5.74, 6) is 0. The van der Waals surface area contributed by atoms with Crippen molar-refractivity contribution in [2.45, 2.75) is 12.5 Å². The van der Waals surface area contributed by atoms with Crippen LogP contribution in [0.1, 0.15) is 6.92 Å². The summed E-state index contributed by atoms with van der Waals surface area (Å²) in [7, 11) is 0. The quantitative estimate of drug-likeness (QED) is 0.575. The molecule has 1 aromatic rings. The average molecular weight is 214 g/mol. The number of aromatic nitrogens is 1. The molecule has 0 radical (unpaired) electrons. The maximum absolute atomic E-state index is 10.4. The fraction of sp³-hybridized carbons (Fsp3) is 0.571. The number of thiazole rings is 1. The summed E-state index contributed by atoms with van der Waals surface area (Å²) in [5.41, 5.74) is -0.00821. The monoisotopic (exact) mass is 214 g/mol. The maximum atomic E-state index is 10.4. The van der Waals surface area contributed by atoms with Crippen LogP contribution in [0.15, 0.2) is 6.20 Å². The number of nitrogens with one attached hydrogen (secondary N) is 2. The predicted octanol–water partition coefficient (Wildman–Crippen LogP) is 0.825. The highest BCUT2D eigenvalue weighted by molar-refractivity contribution is 7.18. The summed E-state index contributed by atoms with van der Waals surface area (Å²) in [6, 6.07) is 0. The van der Waals surface area contributed by atoms with Gasteiger partial charge in [0.05, 0.1) is 10.5 Å². The Hall–Kier alpha value is -1.21. The summed E-state index contributed by atoms with van der Waals surface area (Å²) < 4.78 is 0. The van der Waals surface area contributed by atoms with Gasteiger partial charge in [0.25, 0.3) is 0 Å². The Bertz CT molecular complexity index is 360. The van der Waals surface area contributed by atoms with Crippen LogP contribution in [-0.4, -0.2) is 28.5 Å². The van der Waals surface area contributed by atoms with Crippen molar-refractivity contribution in [2.24, 2.45) is 0 Å². The highest BCUT2D eigenvalue weighted by Gasteiger charge is 2.32. The average Bonchev–Trinajstić information content (AvgIpc) is 2.50. The van der Waals surface area contributed by atoms with Crippen LogP contribution in [0.4, 0.5) is 10.1 Å². The Morgan fingerprint density at radius 3 is 2.93 bits per heavy atom. The van der Waals surface area contributed by atoms with Gasteiger partial charge in [-0.05, 0) is 18.3 Å². The van der Waals surface area contributed by atoms with E-state index in [0.29, 0.717) is 5.13 Å². The van der Waals surface area contributed by atoms with Gasteiger partial charge in [-0.25, -0.2) is 4.98 Å². The fourth-order valence-electron chi connectivity index (χ4n) is 1.25.